The van der Waals surface area contributed by atoms with Crippen molar-refractivity contribution >= 4 is 17.3 Å². The van der Waals surface area contributed by atoms with Crippen LogP contribution in [0, 0.1) is 12.8 Å². The van der Waals surface area contributed by atoms with Crippen LogP contribution in [0.4, 0.5) is 5.69 Å². The molecular weight excluding hydrogens is 378 g/mol. The summed E-state index contributed by atoms with van der Waals surface area (Å²) >= 11 is 6.45. The fourth-order valence-electron chi connectivity index (χ4n) is 4.70. The second-order valence-electron chi connectivity index (χ2n) is 7.92. The predicted octanol–water partition coefficient (Wildman–Crippen LogP) is 7.05. The molecule has 0 radical (unpaired) electrons. The highest BCUT2D eigenvalue weighted by molar-refractivity contribution is 6.31. The monoisotopic (exact) mass is 401 g/mol. The maximum Gasteiger partial charge on any atom is 0.125 e. The molecule has 3 unspecified atom stereocenters. The van der Waals surface area contributed by atoms with Gasteiger partial charge in [0.15, 0.2) is 0 Å². The van der Waals surface area contributed by atoms with Crippen LogP contribution in [0.1, 0.15) is 40.6 Å². The summed E-state index contributed by atoms with van der Waals surface area (Å²) in [5.41, 5.74) is 6.03. The highest BCUT2D eigenvalue weighted by Crippen LogP contribution is 2.52. The van der Waals surface area contributed by atoms with E-state index in [4.69, 9.17) is 16.3 Å². The zero-order valence-electron chi connectivity index (χ0n) is 16.4. The lowest BCUT2D eigenvalue weighted by Gasteiger charge is -2.39. The van der Waals surface area contributed by atoms with E-state index in [9.17, 15) is 0 Å². The number of ether oxygens (including phenoxy) is 1. The van der Waals surface area contributed by atoms with Crippen LogP contribution < -0.4 is 10.1 Å². The lowest BCUT2D eigenvalue weighted by Crippen LogP contribution is -2.30. The molecule has 1 aliphatic carbocycles. The van der Waals surface area contributed by atoms with E-state index in [1.54, 1.807) is 0 Å². The third-order valence-electron chi connectivity index (χ3n) is 6.22. The van der Waals surface area contributed by atoms with Gasteiger partial charge in [-0.15, -0.1) is 0 Å². The largest absolute Gasteiger partial charge is 0.489 e. The average Bonchev–Trinajstić information content (AvgIpc) is 3.25. The van der Waals surface area contributed by atoms with Crippen molar-refractivity contribution in [2.24, 2.45) is 5.92 Å². The lowest BCUT2D eigenvalue weighted by molar-refractivity contribution is 0.296. The zero-order valence-corrected chi connectivity index (χ0v) is 17.2. The fraction of sp³-hybridized carbons (Fsp3) is 0.231. The Morgan fingerprint density at radius 1 is 0.966 bits per heavy atom. The second-order valence-corrected chi connectivity index (χ2v) is 8.33. The fourth-order valence-corrected chi connectivity index (χ4v) is 4.86. The van der Waals surface area contributed by atoms with Gasteiger partial charge in [-0.3, -0.25) is 0 Å². The Kier molecular flexibility index (Phi) is 4.81. The lowest BCUT2D eigenvalue weighted by atomic mass is 9.76. The summed E-state index contributed by atoms with van der Waals surface area (Å²) in [4.78, 5) is 0. The second kappa shape index (κ2) is 7.61. The molecule has 0 bridgehead atoms. The van der Waals surface area contributed by atoms with E-state index >= 15 is 0 Å². The topological polar surface area (TPSA) is 21.3 Å². The minimum atomic E-state index is 0.187. The van der Waals surface area contributed by atoms with Gasteiger partial charge in [0.2, 0.25) is 0 Å². The molecule has 3 aromatic carbocycles. The van der Waals surface area contributed by atoms with Crippen molar-refractivity contribution in [3.8, 4) is 5.75 Å². The molecule has 5 rings (SSSR count). The quantitative estimate of drug-likeness (QED) is 0.472. The minimum absolute atomic E-state index is 0.187. The molecule has 29 heavy (non-hydrogen) atoms. The molecule has 1 N–H and O–H groups in total. The third kappa shape index (κ3) is 3.32. The number of allylic oxidation sites excluding steroid dienone is 2. The molecule has 0 saturated heterocycles. The first-order valence-electron chi connectivity index (χ1n) is 10.2. The molecule has 0 fully saturated rings. The van der Waals surface area contributed by atoms with Gasteiger partial charge < -0.3 is 10.1 Å². The molecule has 2 nitrogen and oxygen atoms in total. The average molecular weight is 402 g/mol. The summed E-state index contributed by atoms with van der Waals surface area (Å²) in [6.07, 6.45) is 5.74. The standard InChI is InChI=1S/C26H24ClNO/c1-17-23(27)15-14-21-19-11-7-12-20(19)26(28-25(17)21)22-10-5-6-13-24(22)29-16-18-8-3-2-4-9-18/h2-11,13-15,19-20,26,28H,12,16H2,1H3. The molecule has 0 amide bonds. The van der Waals surface area contributed by atoms with Gasteiger partial charge in [-0.1, -0.05) is 78.4 Å². The van der Waals surface area contributed by atoms with Crippen LogP contribution in [0.25, 0.3) is 0 Å². The Hall–Kier alpha value is -2.71. The summed E-state index contributed by atoms with van der Waals surface area (Å²) < 4.78 is 6.28. The van der Waals surface area contributed by atoms with Gasteiger partial charge >= 0.3 is 0 Å². The van der Waals surface area contributed by atoms with Gasteiger partial charge in [0.1, 0.15) is 12.4 Å². The number of nitrogens with one attached hydrogen (secondary N) is 1. The van der Waals surface area contributed by atoms with Crippen molar-refractivity contribution in [3.05, 3.63) is 106 Å². The number of rotatable bonds is 4. The van der Waals surface area contributed by atoms with Gasteiger partial charge in [0.25, 0.3) is 0 Å². The molecule has 0 saturated carbocycles. The van der Waals surface area contributed by atoms with Gasteiger partial charge in [-0.25, -0.2) is 0 Å². The Labute approximate surface area is 177 Å². The first-order valence-corrected chi connectivity index (χ1v) is 10.6. The highest BCUT2D eigenvalue weighted by atomic mass is 35.5. The highest BCUT2D eigenvalue weighted by Gasteiger charge is 2.39. The minimum Gasteiger partial charge on any atom is -0.489 e. The van der Waals surface area contributed by atoms with Gasteiger partial charge in [0, 0.05) is 22.2 Å². The van der Waals surface area contributed by atoms with Crippen molar-refractivity contribution in [1.29, 1.82) is 0 Å². The SMILES string of the molecule is Cc1c(Cl)ccc2c1NC(c1ccccc1OCc1ccccc1)C1CC=CC21. The maximum atomic E-state index is 6.45. The summed E-state index contributed by atoms with van der Waals surface area (Å²) in [6.45, 7) is 2.67. The molecule has 3 aromatic rings. The van der Waals surface area contributed by atoms with Crippen LogP contribution in [-0.2, 0) is 6.61 Å². The van der Waals surface area contributed by atoms with Gasteiger partial charge in [-0.05, 0) is 48.1 Å². The number of benzene rings is 3. The number of hydrogen-bond donors (Lipinski definition) is 1. The van der Waals surface area contributed by atoms with Crippen LogP contribution in [0.3, 0.4) is 0 Å². The Morgan fingerprint density at radius 3 is 2.62 bits per heavy atom. The first-order chi connectivity index (χ1) is 14.2. The summed E-state index contributed by atoms with van der Waals surface area (Å²) in [5, 5.41) is 4.64. The molecule has 0 spiro atoms. The smallest absolute Gasteiger partial charge is 0.125 e. The van der Waals surface area contributed by atoms with E-state index in [1.807, 2.05) is 30.3 Å². The van der Waals surface area contributed by atoms with E-state index in [2.05, 4.69) is 60.8 Å². The van der Waals surface area contributed by atoms with Crippen LogP contribution in [0.15, 0.2) is 78.9 Å². The Bertz CT molecular complexity index is 1060. The van der Waals surface area contributed by atoms with E-state index < -0.39 is 0 Å². The Balaban J connectivity index is 1.50. The van der Waals surface area contributed by atoms with Gasteiger partial charge in [0.05, 0.1) is 6.04 Å². The Morgan fingerprint density at radius 2 is 1.76 bits per heavy atom. The first kappa shape index (κ1) is 18.3. The maximum absolute atomic E-state index is 6.45. The molecule has 146 valence electrons. The number of para-hydroxylation sites is 1. The molecule has 1 aliphatic heterocycles. The normalized spacial score (nSPS) is 21.9. The molecule has 3 atom stereocenters. The molecule has 3 heteroatoms. The van der Waals surface area contributed by atoms with Crippen molar-refractivity contribution in [2.45, 2.75) is 31.9 Å². The summed E-state index contributed by atoms with van der Waals surface area (Å²) in [6, 6.07) is 23.1. The zero-order chi connectivity index (χ0) is 19.8. The third-order valence-corrected chi connectivity index (χ3v) is 6.63. The van der Waals surface area contributed by atoms with Crippen LogP contribution in [0.5, 0.6) is 5.75 Å². The number of fused-ring (bicyclic) bond motifs is 3. The van der Waals surface area contributed by atoms with E-state index in [0.717, 1.165) is 22.8 Å². The molecule has 1 heterocycles. The van der Waals surface area contributed by atoms with Crippen molar-refractivity contribution in [3.63, 3.8) is 0 Å². The van der Waals surface area contributed by atoms with Crippen LogP contribution in [-0.4, -0.2) is 0 Å². The summed E-state index contributed by atoms with van der Waals surface area (Å²) in [7, 11) is 0. The summed E-state index contributed by atoms with van der Waals surface area (Å²) in [5.74, 6) is 1.83. The molecular formula is C26H24ClNO. The van der Waals surface area contributed by atoms with E-state index in [-0.39, 0.29) is 6.04 Å². The van der Waals surface area contributed by atoms with Crippen molar-refractivity contribution in [2.75, 3.05) is 5.32 Å². The van der Waals surface area contributed by atoms with Crippen molar-refractivity contribution in [1.82, 2.24) is 0 Å². The molecule has 0 aromatic heterocycles. The number of hydrogen-bond acceptors (Lipinski definition) is 2. The van der Waals surface area contributed by atoms with Gasteiger partial charge in [-0.2, -0.15) is 0 Å². The predicted molar refractivity (Wildman–Crippen MR) is 120 cm³/mol. The van der Waals surface area contributed by atoms with Crippen molar-refractivity contribution < 1.29 is 4.74 Å². The molecule has 2 aliphatic rings. The van der Waals surface area contributed by atoms with Crippen LogP contribution in [0.2, 0.25) is 5.02 Å². The van der Waals surface area contributed by atoms with Crippen LogP contribution >= 0.6 is 11.6 Å². The number of anilines is 1. The van der Waals surface area contributed by atoms with E-state index in [0.29, 0.717) is 18.4 Å². The van der Waals surface area contributed by atoms with E-state index in [1.165, 1.54) is 22.4 Å². The number of halogens is 1.